The number of rotatable bonds is 4. The highest BCUT2D eigenvalue weighted by atomic mass is 79.9. The lowest BCUT2D eigenvalue weighted by atomic mass is 10.1. The predicted octanol–water partition coefficient (Wildman–Crippen LogP) is 3.79. The maximum atomic E-state index is 13.7. The molecule has 0 amide bonds. The van der Waals surface area contributed by atoms with Crippen molar-refractivity contribution in [3.05, 3.63) is 52.4 Å². The van der Waals surface area contributed by atoms with Gasteiger partial charge in [-0.15, -0.1) is 0 Å². The van der Waals surface area contributed by atoms with E-state index < -0.39 is 23.8 Å². The van der Waals surface area contributed by atoms with Crippen molar-refractivity contribution in [2.24, 2.45) is 5.73 Å². The maximum absolute atomic E-state index is 13.7. The third kappa shape index (κ3) is 3.13. The van der Waals surface area contributed by atoms with Crippen LogP contribution in [0, 0.1) is 11.6 Å². The van der Waals surface area contributed by atoms with Crippen LogP contribution in [-0.2, 0) is 0 Å². The SMILES string of the molecule is CC(N)C(Oc1cc(Br)cc(F)c1F)c1ccco1. The molecule has 0 fully saturated rings. The van der Waals surface area contributed by atoms with Gasteiger partial charge in [0.05, 0.1) is 6.26 Å². The normalized spacial score (nSPS) is 14.2. The topological polar surface area (TPSA) is 48.4 Å². The first-order chi connectivity index (χ1) is 8.99. The second-order valence-corrected chi connectivity index (χ2v) is 5.03. The molecule has 2 aromatic rings. The zero-order chi connectivity index (χ0) is 14.0. The molecule has 0 aliphatic carbocycles. The molecule has 0 spiro atoms. The summed E-state index contributed by atoms with van der Waals surface area (Å²) in [5.41, 5.74) is 5.79. The van der Waals surface area contributed by atoms with E-state index in [0.29, 0.717) is 10.2 Å². The minimum absolute atomic E-state index is 0.217. The summed E-state index contributed by atoms with van der Waals surface area (Å²) in [6.07, 6.45) is 0.768. The molecule has 6 heteroatoms. The van der Waals surface area contributed by atoms with Gasteiger partial charge in [-0.2, -0.15) is 4.39 Å². The standard InChI is InChI=1S/C13H12BrF2NO2/c1-7(17)13(10-3-2-4-18-10)19-11-6-8(14)5-9(15)12(11)16/h2-7,13H,17H2,1H3. The molecule has 0 saturated carbocycles. The molecule has 2 atom stereocenters. The first-order valence-corrected chi connectivity index (χ1v) is 6.38. The van der Waals surface area contributed by atoms with Crippen LogP contribution in [0.4, 0.5) is 8.78 Å². The average Bonchev–Trinajstić information content (AvgIpc) is 2.84. The Kier molecular flexibility index (Phi) is 4.21. The van der Waals surface area contributed by atoms with Crippen LogP contribution in [0.2, 0.25) is 0 Å². The third-order valence-electron chi connectivity index (χ3n) is 2.51. The molecular formula is C13H12BrF2NO2. The largest absolute Gasteiger partial charge is 0.478 e. The number of benzene rings is 1. The number of halogens is 3. The van der Waals surface area contributed by atoms with E-state index in [1.165, 1.54) is 12.3 Å². The molecule has 1 aromatic heterocycles. The lowest BCUT2D eigenvalue weighted by Gasteiger charge is -2.21. The van der Waals surface area contributed by atoms with E-state index >= 15 is 0 Å². The smallest absolute Gasteiger partial charge is 0.200 e. The Morgan fingerprint density at radius 1 is 1.37 bits per heavy atom. The van der Waals surface area contributed by atoms with E-state index in [4.69, 9.17) is 14.9 Å². The van der Waals surface area contributed by atoms with E-state index in [1.807, 2.05) is 0 Å². The van der Waals surface area contributed by atoms with E-state index in [0.717, 1.165) is 6.07 Å². The molecule has 3 nitrogen and oxygen atoms in total. The summed E-state index contributed by atoms with van der Waals surface area (Å²) in [5.74, 6) is -1.81. The molecule has 0 bridgehead atoms. The van der Waals surface area contributed by atoms with E-state index in [-0.39, 0.29) is 5.75 Å². The number of ether oxygens (including phenoxy) is 1. The van der Waals surface area contributed by atoms with Crippen LogP contribution in [0.3, 0.4) is 0 Å². The Labute approximate surface area is 117 Å². The van der Waals surface area contributed by atoms with Gasteiger partial charge in [-0.1, -0.05) is 15.9 Å². The highest BCUT2D eigenvalue weighted by Crippen LogP contribution is 2.30. The van der Waals surface area contributed by atoms with Crippen molar-refractivity contribution in [1.29, 1.82) is 0 Å². The molecule has 0 aliphatic heterocycles. The fourth-order valence-electron chi connectivity index (χ4n) is 1.63. The van der Waals surface area contributed by atoms with Gasteiger partial charge in [-0.05, 0) is 31.2 Å². The molecule has 0 radical (unpaired) electrons. The quantitative estimate of drug-likeness (QED) is 0.867. The summed E-state index contributed by atoms with van der Waals surface area (Å²) in [6, 6.07) is 5.26. The minimum atomic E-state index is -1.06. The Balaban J connectivity index is 2.33. The second kappa shape index (κ2) is 5.71. The van der Waals surface area contributed by atoms with E-state index in [9.17, 15) is 8.78 Å². The van der Waals surface area contributed by atoms with Gasteiger partial charge >= 0.3 is 0 Å². The summed E-state index contributed by atoms with van der Waals surface area (Å²) < 4.78 is 38.0. The van der Waals surface area contributed by atoms with Crippen molar-refractivity contribution in [1.82, 2.24) is 0 Å². The van der Waals surface area contributed by atoms with E-state index in [2.05, 4.69) is 15.9 Å². The molecule has 19 heavy (non-hydrogen) atoms. The van der Waals surface area contributed by atoms with Crippen molar-refractivity contribution in [2.45, 2.75) is 19.1 Å². The van der Waals surface area contributed by atoms with Gasteiger partial charge in [0.25, 0.3) is 0 Å². The zero-order valence-electron chi connectivity index (χ0n) is 10.1. The Bertz CT molecular complexity index is 558. The minimum Gasteiger partial charge on any atom is -0.478 e. The van der Waals surface area contributed by atoms with Gasteiger partial charge in [0, 0.05) is 10.5 Å². The fourth-order valence-corrected chi connectivity index (χ4v) is 2.04. The molecular weight excluding hydrogens is 320 g/mol. The van der Waals surface area contributed by atoms with Gasteiger partial charge in [-0.3, -0.25) is 0 Å². The molecule has 2 N–H and O–H groups in total. The summed E-state index contributed by atoms with van der Waals surface area (Å²) in [6.45, 7) is 1.69. The Hall–Kier alpha value is -1.40. The van der Waals surface area contributed by atoms with Gasteiger partial charge in [0.15, 0.2) is 17.7 Å². The van der Waals surface area contributed by atoms with Crippen molar-refractivity contribution < 1.29 is 17.9 Å². The van der Waals surface area contributed by atoms with Crippen molar-refractivity contribution in [3.8, 4) is 5.75 Å². The molecule has 102 valence electrons. The number of furan rings is 1. The average molecular weight is 332 g/mol. The predicted molar refractivity (Wildman–Crippen MR) is 69.8 cm³/mol. The van der Waals surface area contributed by atoms with Crippen LogP contribution in [0.1, 0.15) is 18.8 Å². The van der Waals surface area contributed by atoms with Crippen molar-refractivity contribution in [2.75, 3.05) is 0 Å². The van der Waals surface area contributed by atoms with Crippen LogP contribution in [-0.4, -0.2) is 6.04 Å². The van der Waals surface area contributed by atoms with Gasteiger partial charge in [-0.25, -0.2) is 4.39 Å². The monoisotopic (exact) mass is 331 g/mol. The van der Waals surface area contributed by atoms with Gasteiger partial charge in [0.1, 0.15) is 5.76 Å². The van der Waals surface area contributed by atoms with Crippen LogP contribution >= 0.6 is 15.9 Å². The highest BCUT2D eigenvalue weighted by Gasteiger charge is 2.23. The molecule has 2 rings (SSSR count). The Morgan fingerprint density at radius 3 is 2.68 bits per heavy atom. The number of nitrogens with two attached hydrogens (primary N) is 1. The first kappa shape index (κ1) is 14.0. The molecule has 1 heterocycles. The molecule has 2 unspecified atom stereocenters. The maximum Gasteiger partial charge on any atom is 0.200 e. The first-order valence-electron chi connectivity index (χ1n) is 5.59. The van der Waals surface area contributed by atoms with Crippen molar-refractivity contribution in [3.63, 3.8) is 0 Å². The molecule has 0 saturated heterocycles. The van der Waals surface area contributed by atoms with Crippen LogP contribution < -0.4 is 10.5 Å². The summed E-state index contributed by atoms with van der Waals surface area (Å²) in [5, 5.41) is 0. The third-order valence-corrected chi connectivity index (χ3v) is 2.97. The zero-order valence-corrected chi connectivity index (χ0v) is 11.7. The highest BCUT2D eigenvalue weighted by molar-refractivity contribution is 9.10. The van der Waals surface area contributed by atoms with Crippen LogP contribution in [0.5, 0.6) is 5.75 Å². The van der Waals surface area contributed by atoms with Gasteiger partial charge in [0.2, 0.25) is 5.82 Å². The molecule has 0 aliphatic rings. The Morgan fingerprint density at radius 2 is 2.11 bits per heavy atom. The summed E-state index contributed by atoms with van der Waals surface area (Å²) in [7, 11) is 0. The molecule has 1 aromatic carbocycles. The van der Waals surface area contributed by atoms with Gasteiger partial charge < -0.3 is 14.9 Å². The fraction of sp³-hybridized carbons (Fsp3) is 0.231. The second-order valence-electron chi connectivity index (χ2n) is 4.11. The van der Waals surface area contributed by atoms with Crippen LogP contribution in [0.15, 0.2) is 39.4 Å². The number of hydrogen-bond donors (Lipinski definition) is 1. The van der Waals surface area contributed by atoms with Crippen molar-refractivity contribution >= 4 is 15.9 Å². The van der Waals surface area contributed by atoms with Crippen LogP contribution in [0.25, 0.3) is 0 Å². The lowest BCUT2D eigenvalue weighted by Crippen LogP contribution is -2.29. The van der Waals surface area contributed by atoms with E-state index in [1.54, 1.807) is 19.1 Å². The lowest BCUT2D eigenvalue weighted by molar-refractivity contribution is 0.145. The number of hydrogen-bond acceptors (Lipinski definition) is 3. The summed E-state index contributed by atoms with van der Waals surface area (Å²) in [4.78, 5) is 0. The summed E-state index contributed by atoms with van der Waals surface area (Å²) >= 11 is 3.08.